The van der Waals surface area contributed by atoms with Crippen LogP contribution in [-0.2, 0) is 10.0 Å². The van der Waals surface area contributed by atoms with Gasteiger partial charge >= 0.3 is 0 Å². The zero-order valence-corrected chi connectivity index (χ0v) is 26.3. The summed E-state index contributed by atoms with van der Waals surface area (Å²) in [6, 6.07) is 8.24. The van der Waals surface area contributed by atoms with Crippen molar-refractivity contribution in [2.24, 2.45) is 0 Å². The average molecular weight is 634 g/mol. The second kappa shape index (κ2) is 13.0. The van der Waals surface area contributed by atoms with Gasteiger partial charge in [0.2, 0.25) is 16.0 Å². The number of piperidine rings is 1. The number of halogens is 2. The Labute approximate surface area is 256 Å². The van der Waals surface area contributed by atoms with E-state index in [9.17, 15) is 12.8 Å². The maximum atomic E-state index is 13.8. The van der Waals surface area contributed by atoms with E-state index in [1.807, 2.05) is 12.1 Å². The maximum Gasteiger partial charge on any atom is 0.249 e. The van der Waals surface area contributed by atoms with Gasteiger partial charge < -0.3 is 25.2 Å². The quantitative estimate of drug-likeness (QED) is 0.316. The van der Waals surface area contributed by atoms with E-state index in [1.165, 1.54) is 12.1 Å². The summed E-state index contributed by atoms with van der Waals surface area (Å²) in [6.45, 7) is 8.54. The number of methoxy groups -OCH3 is 1. The Bertz CT molecular complexity index is 1560. The van der Waals surface area contributed by atoms with Crippen molar-refractivity contribution in [1.82, 2.24) is 25.0 Å². The highest BCUT2D eigenvalue weighted by Crippen LogP contribution is 2.37. The number of sulfonamides is 1. The largest absolute Gasteiger partial charge is 0.494 e. The van der Waals surface area contributed by atoms with Crippen molar-refractivity contribution in [2.45, 2.75) is 25.8 Å². The molecule has 0 atom stereocenters. The van der Waals surface area contributed by atoms with Crippen molar-refractivity contribution < 1.29 is 17.5 Å². The molecule has 2 fully saturated rings. The monoisotopic (exact) mass is 633 g/mol. The Morgan fingerprint density at radius 1 is 0.977 bits per heavy atom. The van der Waals surface area contributed by atoms with Crippen LogP contribution in [0.1, 0.15) is 18.4 Å². The number of rotatable bonds is 9. The summed E-state index contributed by atoms with van der Waals surface area (Å²) in [5.41, 5.74) is 3.07. The molecule has 3 aromatic rings. The minimum Gasteiger partial charge on any atom is -0.494 e. The fraction of sp³-hybridized carbons (Fsp3) is 0.464. The first-order chi connectivity index (χ1) is 20.5. The Balaban J connectivity index is 1.31. The van der Waals surface area contributed by atoms with E-state index in [4.69, 9.17) is 16.3 Å². The Morgan fingerprint density at radius 2 is 1.70 bits per heavy atom. The Kier molecular flexibility index (Phi) is 9.39. The standard InChI is InChI=1S/C28H37ClFN9O3S/c1-18-15-23(25(42-3)17-24(18)39-9-7-20(8-10-39)38-13-11-37(2)12-14-38)32-28-33-27(26(29)34-35-28)31-21-6-5-19(30)16-22(21)36-43(4,40)41/h5-6,15-17,20,36H,7-14H2,1-4H3,(H2,31,32,33,35). The molecule has 0 spiro atoms. The van der Waals surface area contributed by atoms with Crippen molar-refractivity contribution in [1.29, 1.82) is 0 Å². The third-order valence-electron chi connectivity index (χ3n) is 7.80. The van der Waals surface area contributed by atoms with Gasteiger partial charge in [0.1, 0.15) is 11.6 Å². The number of ether oxygens (including phenoxy) is 1. The Hall–Kier alpha value is -3.46. The lowest BCUT2D eigenvalue weighted by Gasteiger charge is -2.43. The lowest BCUT2D eigenvalue weighted by molar-refractivity contribution is 0.0982. The molecule has 5 rings (SSSR count). The summed E-state index contributed by atoms with van der Waals surface area (Å²) >= 11 is 6.25. The highest BCUT2D eigenvalue weighted by Gasteiger charge is 2.28. The van der Waals surface area contributed by atoms with Crippen LogP contribution in [0.25, 0.3) is 0 Å². The van der Waals surface area contributed by atoms with Crippen LogP contribution in [0.3, 0.4) is 0 Å². The zero-order valence-electron chi connectivity index (χ0n) is 24.7. The SMILES string of the molecule is COc1cc(N2CCC(N3CCN(C)CC3)CC2)c(C)cc1Nc1nnc(Cl)c(Nc2ccc(F)cc2NS(C)(=O)=O)n1. The topological polar surface area (TPSA) is 128 Å². The number of aryl methyl sites for hydroxylation is 1. The number of anilines is 6. The van der Waals surface area contributed by atoms with Crippen LogP contribution in [0.2, 0.25) is 5.15 Å². The van der Waals surface area contributed by atoms with Gasteiger partial charge in [0.25, 0.3) is 0 Å². The number of hydrogen-bond donors (Lipinski definition) is 3. The first-order valence-electron chi connectivity index (χ1n) is 14.1. The third kappa shape index (κ3) is 7.74. The summed E-state index contributed by atoms with van der Waals surface area (Å²) in [5, 5.41) is 14.0. The van der Waals surface area contributed by atoms with Crippen molar-refractivity contribution in [3.8, 4) is 5.75 Å². The molecule has 3 heterocycles. The first kappa shape index (κ1) is 31.0. The second-order valence-corrected chi connectivity index (χ2v) is 13.1. The molecule has 43 heavy (non-hydrogen) atoms. The van der Waals surface area contributed by atoms with Crippen LogP contribution in [0.15, 0.2) is 30.3 Å². The van der Waals surface area contributed by atoms with Gasteiger partial charge in [0.05, 0.1) is 30.4 Å². The van der Waals surface area contributed by atoms with E-state index in [1.54, 1.807) is 7.11 Å². The molecule has 0 bridgehead atoms. The van der Waals surface area contributed by atoms with Gasteiger partial charge in [-0.25, -0.2) is 12.8 Å². The van der Waals surface area contributed by atoms with Gasteiger partial charge in [-0.05, 0) is 50.6 Å². The number of benzene rings is 2. The summed E-state index contributed by atoms with van der Waals surface area (Å²) in [6.07, 6.45) is 3.22. The number of piperazine rings is 1. The second-order valence-electron chi connectivity index (χ2n) is 11.0. The van der Waals surface area contributed by atoms with Gasteiger partial charge in [-0.3, -0.25) is 9.62 Å². The summed E-state index contributed by atoms with van der Waals surface area (Å²) in [4.78, 5) is 11.9. The van der Waals surface area contributed by atoms with Gasteiger partial charge in [-0.1, -0.05) is 11.6 Å². The molecule has 0 radical (unpaired) electrons. The van der Waals surface area contributed by atoms with Crippen molar-refractivity contribution in [2.75, 3.05) is 79.9 Å². The van der Waals surface area contributed by atoms with Gasteiger partial charge in [0, 0.05) is 63.1 Å². The van der Waals surface area contributed by atoms with Crippen LogP contribution in [0, 0.1) is 12.7 Å². The number of nitrogens with zero attached hydrogens (tertiary/aromatic N) is 6. The lowest BCUT2D eigenvalue weighted by Crippen LogP contribution is -2.52. The lowest BCUT2D eigenvalue weighted by atomic mass is 10.0. The average Bonchev–Trinajstić information content (AvgIpc) is 2.96. The van der Waals surface area contributed by atoms with Crippen molar-refractivity contribution in [3.05, 3.63) is 46.9 Å². The van der Waals surface area contributed by atoms with E-state index < -0.39 is 15.8 Å². The fourth-order valence-electron chi connectivity index (χ4n) is 5.55. The molecular formula is C28H37ClFN9O3S. The number of aromatic nitrogens is 3. The Morgan fingerprint density at radius 3 is 2.37 bits per heavy atom. The molecule has 2 saturated heterocycles. The number of nitrogens with one attached hydrogen (secondary N) is 3. The van der Waals surface area contributed by atoms with E-state index in [-0.39, 0.29) is 28.3 Å². The molecule has 0 saturated carbocycles. The van der Waals surface area contributed by atoms with Crippen molar-refractivity contribution in [3.63, 3.8) is 0 Å². The minimum atomic E-state index is -3.67. The van der Waals surface area contributed by atoms with Crippen molar-refractivity contribution >= 4 is 56.1 Å². The molecule has 2 aliphatic rings. The highest BCUT2D eigenvalue weighted by molar-refractivity contribution is 7.92. The van der Waals surface area contributed by atoms with E-state index in [0.717, 1.165) is 75.7 Å². The summed E-state index contributed by atoms with van der Waals surface area (Å²) in [7, 11) is 0.122. The molecule has 0 unspecified atom stereocenters. The van der Waals surface area contributed by atoms with Gasteiger partial charge in [-0.15, -0.1) is 10.2 Å². The molecular weight excluding hydrogens is 597 g/mol. The number of likely N-dealkylation sites (N-methyl/N-ethyl adjacent to an activating group) is 1. The van der Waals surface area contributed by atoms with Crippen LogP contribution in [-0.4, -0.2) is 99.1 Å². The van der Waals surface area contributed by atoms with Crippen LogP contribution >= 0.6 is 11.6 Å². The minimum absolute atomic E-state index is 0.00728. The highest BCUT2D eigenvalue weighted by atomic mass is 35.5. The normalized spacial score (nSPS) is 17.1. The van der Waals surface area contributed by atoms with Crippen LogP contribution in [0.5, 0.6) is 5.75 Å². The molecule has 0 aliphatic carbocycles. The predicted octanol–water partition coefficient (Wildman–Crippen LogP) is 4.06. The molecule has 2 aliphatic heterocycles. The number of hydrogen-bond acceptors (Lipinski definition) is 11. The predicted molar refractivity (Wildman–Crippen MR) is 168 cm³/mol. The summed E-state index contributed by atoms with van der Waals surface area (Å²) < 4.78 is 45.4. The van der Waals surface area contributed by atoms with Crippen LogP contribution in [0.4, 0.5) is 38.9 Å². The first-order valence-corrected chi connectivity index (χ1v) is 16.3. The zero-order chi connectivity index (χ0) is 30.7. The molecule has 2 aromatic carbocycles. The molecule has 3 N–H and O–H groups in total. The smallest absolute Gasteiger partial charge is 0.249 e. The molecule has 12 nitrogen and oxygen atoms in total. The van der Waals surface area contributed by atoms with Crippen LogP contribution < -0.4 is 25.0 Å². The molecule has 232 valence electrons. The van der Waals surface area contributed by atoms with Gasteiger partial charge in [0.15, 0.2) is 11.0 Å². The van der Waals surface area contributed by atoms with Gasteiger partial charge in [-0.2, -0.15) is 4.98 Å². The summed E-state index contributed by atoms with van der Waals surface area (Å²) in [5.74, 6) is 0.229. The molecule has 15 heteroatoms. The van der Waals surface area contributed by atoms with E-state index in [2.05, 4.69) is 59.2 Å². The third-order valence-corrected chi connectivity index (χ3v) is 8.64. The molecule has 1 aromatic heterocycles. The molecule has 0 amide bonds. The van der Waals surface area contributed by atoms with E-state index in [0.29, 0.717) is 17.5 Å². The maximum absolute atomic E-state index is 13.8. The fourth-order valence-corrected chi connectivity index (χ4v) is 6.24. The van der Waals surface area contributed by atoms with E-state index >= 15 is 0 Å².